The summed E-state index contributed by atoms with van der Waals surface area (Å²) in [6, 6.07) is 13.8. The summed E-state index contributed by atoms with van der Waals surface area (Å²) in [6.45, 7) is 0.0521. The third kappa shape index (κ3) is 4.52. The van der Waals surface area contributed by atoms with E-state index in [2.05, 4.69) is 42.9 Å². The molecule has 0 atom stereocenters. The van der Waals surface area contributed by atoms with Gasteiger partial charge >= 0.3 is 0 Å². The number of halogens is 2. The normalized spacial score (nSPS) is 10.5. The van der Waals surface area contributed by atoms with Gasteiger partial charge in [0.05, 0.1) is 12.1 Å². The first-order valence-electron chi connectivity index (χ1n) is 9.56. The molecule has 160 valence electrons. The maximum Gasteiger partial charge on any atom is 0.251 e. The molecule has 0 aliphatic carbocycles. The van der Waals surface area contributed by atoms with Crippen LogP contribution in [-0.4, -0.2) is 30.6 Å². The fourth-order valence-electron chi connectivity index (χ4n) is 2.98. The van der Waals surface area contributed by atoms with Crippen LogP contribution in [0.2, 0.25) is 0 Å². The van der Waals surface area contributed by atoms with Gasteiger partial charge in [-0.15, -0.1) is 10.2 Å². The summed E-state index contributed by atoms with van der Waals surface area (Å²) in [5, 5.41) is 14.0. The number of anilines is 1. The second-order valence-corrected chi connectivity index (χ2v) is 6.76. The SMILES string of the molecule is Cn1c(CNc2cccc(C(=O)NCc3c(F)c#ccc3F)c2)nnc1-c1ccncn1. The first-order valence-corrected chi connectivity index (χ1v) is 9.56. The molecule has 1 amide bonds. The lowest BCUT2D eigenvalue weighted by atomic mass is 10.1. The van der Waals surface area contributed by atoms with Crippen molar-refractivity contribution in [2.24, 2.45) is 7.05 Å². The van der Waals surface area contributed by atoms with E-state index in [1.165, 1.54) is 6.33 Å². The molecule has 0 fully saturated rings. The third-order valence-corrected chi connectivity index (χ3v) is 4.71. The minimum Gasteiger partial charge on any atom is -0.378 e. The van der Waals surface area contributed by atoms with E-state index in [0.29, 0.717) is 35.1 Å². The zero-order valence-electron chi connectivity index (χ0n) is 16.9. The van der Waals surface area contributed by atoms with Gasteiger partial charge in [0.15, 0.2) is 17.5 Å². The quantitative estimate of drug-likeness (QED) is 0.465. The van der Waals surface area contributed by atoms with Gasteiger partial charge in [-0.25, -0.2) is 14.4 Å². The second kappa shape index (κ2) is 9.18. The number of carbonyl (C=O) groups excluding carboxylic acids is 1. The topological polar surface area (TPSA) is 97.6 Å². The summed E-state index contributed by atoms with van der Waals surface area (Å²) < 4.78 is 29.2. The van der Waals surface area contributed by atoms with Crippen molar-refractivity contribution >= 4 is 11.6 Å². The van der Waals surface area contributed by atoms with Gasteiger partial charge in [0, 0.05) is 37.1 Å². The standard InChI is InChI=1S/C22H17F2N7O/c1-31-20(29-30-21(31)19-8-9-25-13-28-19)12-26-15-5-2-4-14(10-15)22(32)27-11-16-17(23)6-3-7-18(16)24/h2,4-6,8-10,13,26H,11-12H2,1H3,(H,27,32). The van der Waals surface area contributed by atoms with Gasteiger partial charge in [0.1, 0.15) is 17.8 Å². The van der Waals surface area contributed by atoms with Crippen LogP contribution in [0.4, 0.5) is 14.5 Å². The van der Waals surface area contributed by atoms with Gasteiger partial charge in [-0.2, -0.15) is 4.39 Å². The van der Waals surface area contributed by atoms with Crippen LogP contribution in [0.5, 0.6) is 0 Å². The number of aromatic nitrogens is 5. The molecule has 4 aromatic rings. The summed E-state index contributed by atoms with van der Waals surface area (Å²) >= 11 is 0. The third-order valence-electron chi connectivity index (χ3n) is 4.71. The Hall–Kier alpha value is -4.39. The molecule has 2 aromatic carbocycles. The van der Waals surface area contributed by atoms with Gasteiger partial charge in [-0.3, -0.25) is 4.79 Å². The van der Waals surface area contributed by atoms with Crippen molar-refractivity contribution < 1.29 is 13.6 Å². The predicted molar refractivity (Wildman–Crippen MR) is 111 cm³/mol. The molecule has 4 rings (SSSR count). The van der Waals surface area contributed by atoms with Gasteiger partial charge in [-0.05, 0) is 30.3 Å². The number of benzene rings is 1. The van der Waals surface area contributed by atoms with Crippen molar-refractivity contribution in [2.75, 3.05) is 5.32 Å². The lowest BCUT2D eigenvalue weighted by Crippen LogP contribution is -2.24. The molecular formula is C22H17F2N7O. The minimum atomic E-state index is -0.884. The van der Waals surface area contributed by atoms with Crippen LogP contribution in [0.1, 0.15) is 21.7 Å². The fourth-order valence-corrected chi connectivity index (χ4v) is 2.98. The van der Waals surface area contributed by atoms with E-state index in [0.717, 1.165) is 6.07 Å². The molecule has 8 nitrogen and oxygen atoms in total. The molecule has 10 heteroatoms. The summed E-state index contributed by atoms with van der Waals surface area (Å²) in [5.41, 5.74) is 1.39. The number of hydrogen-bond acceptors (Lipinski definition) is 6. The Morgan fingerprint density at radius 3 is 2.84 bits per heavy atom. The lowest BCUT2D eigenvalue weighted by molar-refractivity contribution is 0.0950. The molecule has 0 bridgehead atoms. The van der Waals surface area contributed by atoms with Crippen molar-refractivity contribution in [3.05, 3.63) is 89.6 Å². The molecule has 32 heavy (non-hydrogen) atoms. The lowest BCUT2D eigenvalue weighted by Gasteiger charge is -2.10. The second-order valence-electron chi connectivity index (χ2n) is 6.76. The van der Waals surface area contributed by atoms with Crippen LogP contribution in [-0.2, 0) is 20.1 Å². The summed E-state index contributed by atoms with van der Waals surface area (Å²) in [7, 11) is 1.83. The fraction of sp³-hybridized carbons (Fsp3) is 0.136. The molecular weight excluding hydrogens is 416 g/mol. The van der Waals surface area contributed by atoms with Crippen molar-refractivity contribution in [1.29, 1.82) is 0 Å². The van der Waals surface area contributed by atoms with E-state index in [1.54, 1.807) is 36.5 Å². The highest BCUT2D eigenvalue weighted by Gasteiger charge is 2.13. The highest BCUT2D eigenvalue weighted by Crippen LogP contribution is 2.16. The van der Waals surface area contributed by atoms with Crippen LogP contribution in [0, 0.1) is 23.8 Å². The number of nitrogens with one attached hydrogen (secondary N) is 2. The average molecular weight is 433 g/mol. The van der Waals surface area contributed by atoms with Crippen LogP contribution in [0.3, 0.4) is 0 Å². The molecule has 0 saturated carbocycles. The zero-order chi connectivity index (χ0) is 22.5. The Morgan fingerprint density at radius 1 is 1.19 bits per heavy atom. The zero-order valence-corrected chi connectivity index (χ0v) is 16.9. The number of carbonyl (C=O) groups is 1. The summed E-state index contributed by atoms with van der Waals surface area (Å²) in [5.74, 6) is -0.873. The first kappa shape index (κ1) is 20.9. The van der Waals surface area contributed by atoms with E-state index < -0.39 is 17.5 Å². The van der Waals surface area contributed by atoms with E-state index in [-0.39, 0.29) is 12.1 Å². The van der Waals surface area contributed by atoms with E-state index in [4.69, 9.17) is 0 Å². The smallest absolute Gasteiger partial charge is 0.251 e. The highest BCUT2D eigenvalue weighted by molar-refractivity contribution is 5.95. The van der Waals surface area contributed by atoms with Crippen LogP contribution in [0.25, 0.3) is 11.5 Å². The van der Waals surface area contributed by atoms with Crippen LogP contribution >= 0.6 is 0 Å². The van der Waals surface area contributed by atoms with Gasteiger partial charge < -0.3 is 15.2 Å². The molecule has 0 radical (unpaired) electrons. The van der Waals surface area contributed by atoms with Gasteiger partial charge in [-0.1, -0.05) is 12.1 Å². The molecule has 0 unspecified atom stereocenters. The van der Waals surface area contributed by atoms with E-state index in [9.17, 15) is 13.6 Å². The minimum absolute atomic E-state index is 0.270. The van der Waals surface area contributed by atoms with E-state index in [1.807, 2.05) is 11.6 Å². The molecule has 2 N–H and O–H groups in total. The first-order chi connectivity index (χ1) is 15.5. The maximum absolute atomic E-state index is 13.7. The van der Waals surface area contributed by atoms with E-state index >= 15 is 0 Å². The Balaban J connectivity index is 1.40. The largest absolute Gasteiger partial charge is 0.378 e. The van der Waals surface area contributed by atoms with Gasteiger partial charge in [0.2, 0.25) is 0 Å². The molecule has 2 aromatic heterocycles. The number of nitrogens with zero attached hydrogens (tertiary/aromatic N) is 5. The Morgan fingerprint density at radius 2 is 2.06 bits per heavy atom. The molecule has 2 heterocycles. The highest BCUT2D eigenvalue weighted by atomic mass is 19.1. The van der Waals surface area contributed by atoms with Crippen molar-refractivity contribution in [1.82, 2.24) is 30.0 Å². The maximum atomic E-state index is 13.7. The number of rotatable bonds is 7. The van der Waals surface area contributed by atoms with Crippen LogP contribution in [0.15, 0.2) is 48.9 Å². The Labute approximate surface area is 182 Å². The average Bonchev–Trinajstić information content (AvgIpc) is 3.18. The number of amides is 1. The molecule has 0 aliphatic heterocycles. The predicted octanol–water partition coefficient (Wildman–Crippen LogP) is 2.69. The van der Waals surface area contributed by atoms with Crippen molar-refractivity contribution in [3.8, 4) is 11.5 Å². The Kier molecular flexibility index (Phi) is 5.98. The van der Waals surface area contributed by atoms with Gasteiger partial charge in [0.25, 0.3) is 5.91 Å². The van der Waals surface area contributed by atoms with Crippen molar-refractivity contribution in [3.63, 3.8) is 0 Å². The Bertz CT molecular complexity index is 1220. The monoisotopic (exact) mass is 433 g/mol. The number of hydrogen-bond donors (Lipinski definition) is 2. The molecule has 0 saturated heterocycles. The van der Waals surface area contributed by atoms with Crippen molar-refractivity contribution in [2.45, 2.75) is 13.1 Å². The van der Waals surface area contributed by atoms with Crippen LogP contribution < -0.4 is 10.6 Å². The summed E-state index contributed by atoms with van der Waals surface area (Å²) in [4.78, 5) is 20.5. The molecule has 0 spiro atoms. The summed E-state index contributed by atoms with van der Waals surface area (Å²) in [6.07, 6.45) is 3.07. The molecule has 0 aliphatic rings.